The fourth-order valence-corrected chi connectivity index (χ4v) is 3.05. The molecule has 2 aliphatic rings. The van der Waals surface area contributed by atoms with E-state index in [1.807, 2.05) is 12.1 Å². The second-order valence-corrected chi connectivity index (χ2v) is 4.65. The molecule has 0 radical (unpaired) electrons. The number of rotatable bonds is 2. The van der Waals surface area contributed by atoms with Crippen LogP contribution >= 0.6 is 0 Å². The molecule has 3 rings (SSSR count). The quantitative estimate of drug-likeness (QED) is 0.589. The molecule has 84 valence electrons. The summed E-state index contributed by atoms with van der Waals surface area (Å²) in [6.45, 7) is 0. The number of aromatic nitrogens is 1. The molecule has 0 amide bonds. The van der Waals surface area contributed by atoms with Crippen molar-refractivity contribution in [3.05, 3.63) is 24.5 Å². The third-order valence-corrected chi connectivity index (χ3v) is 3.80. The molecule has 4 heteroatoms. The van der Waals surface area contributed by atoms with Crippen molar-refractivity contribution in [1.29, 1.82) is 0 Å². The molecule has 1 aromatic heterocycles. The molecule has 4 nitrogen and oxygen atoms in total. The Balaban J connectivity index is 1.80. The van der Waals surface area contributed by atoms with Gasteiger partial charge in [-0.15, -0.1) is 0 Å². The highest BCUT2D eigenvalue weighted by atomic mass is 16.4. The van der Waals surface area contributed by atoms with Crippen molar-refractivity contribution in [3.63, 3.8) is 0 Å². The van der Waals surface area contributed by atoms with E-state index in [4.69, 9.17) is 5.21 Å². The van der Waals surface area contributed by atoms with Crippen molar-refractivity contribution < 1.29 is 5.21 Å². The van der Waals surface area contributed by atoms with Gasteiger partial charge in [-0.05, 0) is 37.3 Å². The van der Waals surface area contributed by atoms with Crippen LogP contribution in [0.1, 0.15) is 19.3 Å². The number of nitrogens with one attached hydrogen (secondary N) is 1. The van der Waals surface area contributed by atoms with Gasteiger partial charge >= 0.3 is 0 Å². The third-order valence-electron chi connectivity index (χ3n) is 3.80. The Bertz CT molecular complexity index is 404. The zero-order valence-corrected chi connectivity index (χ0v) is 9.00. The van der Waals surface area contributed by atoms with Crippen LogP contribution < -0.4 is 5.32 Å². The monoisotopic (exact) mass is 217 g/mol. The molecule has 0 unspecified atom stereocenters. The Morgan fingerprint density at radius 3 is 2.88 bits per heavy atom. The summed E-state index contributed by atoms with van der Waals surface area (Å²) in [6.07, 6.45) is 7.13. The minimum atomic E-state index is 0.214. The average Bonchev–Trinajstić information content (AvgIpc) is 2.91. The largest absolute Gasteiger partial charge is 0.411 e. The predicted octanol–water partition coefficient (Wildman–Crippen LogP) is 2.12. The highest BCUT2D eigenvalue weighted by Gasteiger charge is 2.45. The van der Waals surface area contributed by atoms with Gasteiger partial charge in [-0.2, -0.15) is 0 Å². The standard InChI is InChI=1S/C12H15N3O/c16-15-12-9-2-1-8(7-9)11(12)14-10-3-5-13-6-4-10/h3-6,8-9,11,16H,1-2,7H2,(H,13,14)/b15-12-/t8-,9-,11-/m0/s1. The van der Waals surface area contributed by atoms with Crippen LogP contribution in [0.5, 0.6) is 0 Å². The van der Waals surface area contributed by atoms with E-state index in [2.05, 4.69) is 15.5 Å². The summed E-state index contributed by atoms with van der Waals surface area (Å²) in [6, 6.07) is 4.10. The zero-order valence-electron chi connectivity index (χ0n) is 9.00. The fourth-order valence-electron chi connectivity index (χ4n) is 3.05. The first-order valence-electron chi connectivity index (χ1n) is 5.77. The highest BCUT2D eigenvalue weighted by Crippen LogP contribution is 2.43. The van der Waals surface area contributed by atoms with E-state index in [-0.39, 0.29) is 6.04 Å². The van der Waals surface area contributed by atoms with Crippen LogP contribution in [0.3, 0.4) is 0 Å². The Kier molecular flexibility index (Phi) is 2.27. The lowest BCUT2D eigenvalue weighted by atomic mass is 9.93. The smallest absolute Gasteiger partial charge is 0.0826 e. The summed E-state index contributed by atoms with van der Waals surface area (Å²) in [5, 5.41) is 16.0. The second-order valence-electron chi connectivity index (χ2n) is 4.65. The maximum atomic E-state index is 9.07. The second kappa shape index (κ2) is 3.77. The molecule has 3 atom stereocenters. The van der Waals surface area contributed by atoms with Gasteiger partial charge in [-0.1, -0.05) is 5.16 Å². The molecule has 0 spiro atoms. The molecule has 2 bridgehead atoms. The molecular formula is C12H15N3O. The summed E-state index contributed by atoms with van der Waals surface area (Å²) >= 11 is 0. The van der Waals surface area contributed by atoms with Gasteiger partial charge in [0.2, 0.25) is 0 Å². The van der Waals surface area contributed by atoms with Crippen LogP contribution in [0.2, 0.25) is 0 Å². The van der Waals surface area contributed by atoms with E-state index in [0.29, 0.717) is 11.8 Å². The first kappa shape index (κ1) is 9.63. The first-order chi connectivity index (χ1) is 7.88. The molecular weight excluding hydrogens is 202 g/mol. The van der Waals surface area contributed by atoms with Crippen LogP contribution in [-0.4, -0.2) is 21.9 Å². The van der Waals surface area contributed by atoms with Gasteiger partial charge in [-0.3, -0.25) is 4.98 Å². The van der Waals surface area contributed by atoms with E-state index in [1.54, 1.807) is 12.4 Å². The average molecular weight is 217 g/mol. The van der Waals surface area contributed by atoms with Gasteiger partial charge in [0.05, 0.1) is 11.8 Å². The van der Waals surface area contributed by atoms with Crippen LogP contribution in [0.15, 0.2) is 29.7 Å². The number of fused-ring (bicyclic) bond motifs is 2. The number of hydrogen-bond donors (Lipinski definition) is 2. The number of oxime groups is 1. The van der Waals surface area contributed by atoms with Crippen LogP contribution in [0, 0.1) is 11.8 Å². The minimum absolute atomic E-state index is 0.214. The first-order valence-corrected chi connectivity index (χ1v) is 5.77. The van der Waals surface area contributed by atoms with Crippen LogP contribution in [0.4, 0.5) is 5.69 Å². The van der Waals surface area contributed by atoms with E-state index in [9.17, 15) is 0 Å². The van der Waals surface area contributed by atoms with Gasteiger partial charge in [0.1, 0.15) is 0 Å². The Labute approximate surface area is 94.4 Å². The van der Waals surface area contributed by atoms with E-state index >= 15 is 0 Å². The zero-order chi connectivity index (χ0) is 11.0. The summed E-state index contributed by atoms with van der Waals surface area (Å²) in [5.74, 6) is 1.12. The molecule has 0 aromatic carbocycles. The number of pyridine rings is 1. The van der Waals surface area contributed by atoms with Gasteiger partial charge in [0.25, 0.3) is 0 Å². The lowest BCUT2D eigenvalue weighted by Crippen LogP contribution is -2.35. The SMILES string of the molecule is O/N=C1/[C@H]2CC[C@@H](C2)[C@@H]1Nc1ccncc1. The molecule has 2 aliphatic carbocycles. The lowest BCUT2D eigenvalue weighted by molar-refractivity contribution is 0.312. The van der Waals surface area contributed by atoms with Crippen LogP contribution in [-0.2, 0) is 0 Å². The molecule has 1 aromatic rings. The van der Waals surface area contributed by atoms with Crippen molar-refractivity contribution in [1.82, 2.24) is 4.98 Å². The van der Waals surface area contributed by atoms with E-state index in [0.717, 1.165) is 11.4 Å². The minimum Gasteiger partial charge on any atom is -0.411 e. The maximum absolute atomic E-state index is 9.07. The number of nitrogens with zero attached hydrogens (tertiary/aromatic N) is 2. The summed E-state index contributed by atoms with van der Waals surface area (Å²) < 4.78 is 0. The molecule has 0 saturated heterocycles. The highest BCUT2D eigenvalue weighted by molar-refractivity contribution is 5.96. The fraction of sp³-hybridized carbons (Fsp3) is 0.500. The summed E-state index contributed by atoms with van der Waals surface area (Å²) in [5.41, 5.74) is 1.99. The molecule has 2 N–H and O–H groups in total. The van der Waals surface area contributed by atoms with Crippen molar-refractivity contribution in [2.75, 3.05) is 5.32 Å². The van der Waals surface area contributed by atoms with Crippen molar-refractivity contribution >= 4 is 11.4 Å². The maximum Gasteiger partial charge on any atom is 0.0826 e. The molecule has 0 aliphatic heterocycles. The third kappa shape index (κ3) is 1.45. The van der Waals surface area contributed by atoms with Gasteiger partial charge in [-0.25, -0.2) is 0 Å². The Hall–Kier alpha value is -1.58. The molecule has 2 fully saturated rings. The normalized spacial score (nSPS) is 34.5. The Morgan fingerprint density at radius 2 is 2.12 bits per heavy atom. The molecule has 2 saturated carbocycles. The summed E-state index contributed by atoms with van der Waals surface area (Å²) in [4.78, 5) is 3.99. The Morgan fingerprint density at radius 1 is 1.31 bits per heavy atom. The van der Waals surface area contributed by atoms with Crippen molar-refractivity contribution in [3.8, 4) is 0 Å². The number of hydrogen-bond acceptors (Lipinski definition) is 4. The molecule has 16 heavy (non-hydrogen) atoms. The van der Waals surface area contributed by atoms with Crippen molar-refractivity contribution in [2.24, 2.45) is 17.0 Å². The summed E-state index contributed by atoms with van der Waals surface area (Å²) in [7, 11) is 0. The van der Waals surface area contributed by atoms with Crippen molar-refractivity contribution in [2.45, 2.75) is 25.3 Å². The topological polar surface area (TPSA) is 57.5 Å². The lowest BCUT2D eigenvalue weighted by Gasteiger charge is -2.24. The van der Waals surface area contributed by atoms with Gasteiger partial charge in [0, 0.05) is 24.0 Å². The predicted molar refractivity (Wildman–Crippen MR) is 61.7 cm³/mol. The van der Waals surface area contributed by atoms with Crippen LogP contribution in [0.25, 0.3) is 0 Å². The van der Waals surface area contributed by atoms with E-state index in [1.165, 1.54) is 19.3 Å². The van der Waals surface area contributed by atoms with Gasteiger partial charge in [0.15, 0.2) is 0 Å². The van der Waals surface area contributed by atoms with Gasteiger partial charge < -0.3 is 10.5 Å². The van der Waals surface area contributed by atoms with E-state index < -0.39 is 0 Å². The number of anilines is 1. The molecule has 1 heterocycles.